The van der Waals surface area contributed by atoms with Crippen molar-refractivity contribution in [3.8, 4) is 0 Å². The van der Waals surface area contributed by atoms with Crippen molar-refractivity contribution in [2.24, 2.45) is 11.8 Å². The lowest BCUT2D eigenvalue weighted by atomic mass is 9.79. The fraction of sp³-hybridized carbons (Fsp3) is 1.00. The Balaban J connectivity index is 1.58. The summed E-state index contributed by atoms with van der Waals surface area (Å²) >= 11 is 4.40. The van der Waals surface area contributed by atoms with Crippen LogP contribution in [-0.4, -0.2) is 22.0 Å². The van der Waals surface area contributed by atoms with Crippen LogP contribution >= 0.6 is 23.5 Å². The minimum atomic E-state index is 1.09. The standard InChI is InChI=1S/C10H16S2/c1-2-7(9-5-11-9)4-8(3-1)10-6-12-10/h7-10H,1-6H2. The van der Waals surface area contributed by atoms with Crippen molar-refractivity contribution in [2.75, 3.05) is 11.5 Å². The monoisotopic (exact) mass is 200 g/mol. The summed E-state index contributed by atoms with van der Waals surface area (Å²) in [5.74, 6) is 5.20. The highest BCUT2D eigenvalue weighted by atomic mass is 32.2. The first-order valence-electron chi connectivity index (χ1n) is 5.16. The Morgan fingerprint density at radius 2 is 1.33 bits per heavy atom. The maximum absolute atomic E-state index is 2.20. The van der Waals surface area contributed by atoms with Crippen molar-refractivity contribution < 1.29 is 0 Å². The van der Waals surface area contributed by atoms with E-state index < -0.39 is 0 Å². The normalized spacial score (nSPS) is 52.0. The number of hydrogen-bond acceptors (Lipinski definition) is 2. The second kappa shape index (κ2) is 3.13. The van der Waals surface area contributed by atoms with Crippen molar-refractivity contribution in [1.29, 1.82) is 0 Å². The molecule has 2 heterocycles. The fourth-order valence-corrected chi connectivity index (χ4v) is 4.40. The molecule has 0 amide bonds. The summed E-state index contributed by atoms with van der Waals surface area (Å²) in [4.78, 5) is 0. The quantitative estimate of drug-likeness (QED) is 0.628. The van der Waals surface area contributed by atoms with E-state index in [1.807, 2.05) is 0 Å². The highest BCUT2D eigenvalue weighted by molar-refractivity contribution is 8.07. The molecule has 3 fully saturated rings. The zero-order valence-electron chi connectivity index (χ0n) is 7.37. The molecule has 3 aliphatic rings. The number of hydrogen-bond donors (Lipinski definition) is 0. The van der Waals surface area contributed by atoms with E-state index in [2.05, 4.69) is 23.5 Å². The molecule has 0 nitrogen and oxygen atoms in total. The van der Waals surface area contributed by atoms with Gasteiger partial charge in [-0.05, 0) is 31.1 Å². The third-order valence-electron chi connectivity index (χ3n) is 3.53. The SMILES string of the molecule is C1CC(C2CS2)CC(C2CS2)C1. The maximum atomic E-state index is 2.20. The van der Waals surface area contributed by atoms with Crippen LogP contribution in [0.2, 0.25) is 0 Å². The largest absolute Gasteiger partial charge is 0.156 e. The number of rotatable bonds is 2. The van der Waals surface area contributed by atoms with Crippen LogP contribution in [0.5, 0.6) is 0 Å². The zero-order chi connectivity index (χ0) is 7.97. The lowest BCUT2D eigenvalue weighted by molar-refractivity contribution is 0.280. The lowest BCUT2D eigenvalue weighted by Crippen LogP contribution is -2.22. The van der Waals surface area contributed by atoms with E-state index in [0.29, 0.717) is 0 Å². The van der Waals surface area contributed by atoms with E-state index >= 15 is 0 Å². The van der Waals surface area contributed by atoms with Crippen LogP contribution < -0.4 is 0 Å². The summed E-state index contributed by atoms with van der Waals surface area (Å²) in [6.07, 6.45) is 6.20. The molecule has 12 heavy (non-hydrogen) atoms. The van der Waals surface area contributed by atoms with Gasteiger partial charge in [0.2, 0.25) is 0 Å². The molecule has 3 rings (SSSR count). The average molecular weight is 200 g/mol. The van der Waals surface area contributed by atoms with Gasteiger partial charge in [-0.25, -0.2) is 0 Å². The summed E-state index contributed by atoms with van der Waals surface area (Å²) in [7, 11) is 0. The van der Waals surface area contributed by atoms with E-state index in [-0.39, 0.29) is 0 Å². The Labute approximate surface area is 83.3 Å². The van der Waals surface area contributed by atoms with Gasteiger partial charge in [-0.2, -0.15) is 23.5 Å². The molecule has 2 heteroatoms. The molecule has 0 aromatic heterocycles. The fourth-order valence-electron chi connectivity index (χ4n) is 2.60. The summed E-state index contributed by atoms with van der Waals surface area (Å²) < 4.78 is 0. The summed E-state index contributed by atoms with van der Waals surface area (Å²) in [5.41, 5.74) is 0. The summed E-state index contributed by atoms with van der Waals surface area (Å²) in [6.45, 7) is 0. The van der Waals surface area contributed by atoms with Crippen LogP contribution in [0, 0.1) is 11.8 Å². The van der Waals surface area contributed by atoms with Crippen molar-refractivity contribution in [2.45, 2.75) is 36.2 Å². The second-order valence-corrected chi connectivity index (χ2v) is 6.97. The van der Waals surface area contributed by atoms with Crippen LogP contribution in [0.1, 0.15) is 25.7 Å². The third-order valence-corrected chi connectivity index (χ3v) is 5.73. The molecule has 2 saturated heterocycles. The van der Waals surface area contributed by atoms with Crippen LogP contribution in [0.3, 0.4) is 0 Å². The van der Waals surface area contributed by atoms with Gasteiger partial charge in [-0.3, -0.25) is 0 Å². The van der Waals surface area contributed by atoms with Crippen molar-refractivity contribution >= 4 is 23.5 Å². The van der Waals surface area contributed by atoms with Gasteiger partial charge in [0.15, 0.2) is 0 Å². The van der Waals surface area contributed by atoms with E-state index in [4.69, 9.17) is 0 Å². The van der Waals surface area contributed by atoms with Crippen LogP contribution in [0.25, 0.3) is 0 Å². The minimum Gasteiger partial charge on any atom is -0.156 e. The molecule has 68 valence electrons. The van der Waals surface area contributed by atoms with Crippen molar-refractivity contribution in [3.05, 3.63) is 0 Å². The zero-order valence-corrected chi connectivity index (χ0v) is 9.00. The number of thioether (sulfide) groups is 2. The van der Waals surface area contributed by atoms with Gasteiger partial charge in [-0.15, -0.1) is 0 Å². The van der Waals surface area contributed by atoms with Crippen molar-refractivity contribution in [1.82, 2.24) is 0 Å². The van der Waals surface area contributed by atoms with Gasteiger partial charge in [0, 0.05) is 22.0 Å². The molecule has 0 bridgehead atoms. The van der Waals surface area contributed by atoms with Crippen molar-refractivity contribution in [3.63, 3.8) is 0 Å². The Morgan fingerprint density at radius 1 is 0.833 bits per heavy atom. The molecule has 1 saturated carbocycles. The van der Waals surface area contributed by atoms with Crippen LogP contribution in [0.15, 0.2) is 0 Å². The van der Waals surface area contributed by atoms with E-state index in [0.717, 1.165) is 22.3 Å². The van der Waals surface area contributed by atoms with Gasteiger partial charge in [0.25, 0.3) is 0 Å². The van der Waals surface area contributed by atoms with Gasteiger partial charge in [0.1, 0.15) is 0 Å². The Bertz CT molecular complexity index is 155. The molecule has 1 aliphatic carbocycles. The Kier molecular flexibility index (Phi) is 2.10. The molecule has 0 radical (unpaired) electrons. The predicted octanol–water partition coefficient (Wildman–Crippen LogP) is 3.02. The Morgan fingerprint density at radius 3 is 1.75 bits per heavy atom. The maximum Gasteiger partial charge on any atom is 0.0167 e. The van der Waals surface area contributed by atoms with Gasteiger partial charge >= 0.3 is 0 Å². The highest BCUT2D eigenvalue weighted by Gasteiger charge is 2.40. The van der Waals surface area contributed by atoms with Gasteiger partial charge < -0.3 is 0 Å². The molecule has 4 unspecified atom stereocenters. The molecular formula is C10H16S2. The molecule has 2 aliphatic heterocycles. The summed E-state index contributed by atoms with van der Waals surface area (Å²) in [5, 5.41) is 2.19. The first-order chi connectivity index (χ1) is 5.93. The van der Waals surface area contributed by atoms with Crippen LogP contribution in [-0.2, 0) is 0 Å². The first kappa shape index (κ1) is 8.05. The molecule has 0 aromatic rings. The van der Waals surface area contributed by atoms with E-state index in [9.17, 15) is 0 Å². The lowest BCUT2D eigenvalue weighted by Gasteiger charge is -2.28. The van der Waals surface area contributed by atoms with E-state index in [1.165, 1.54) is 17.9 Å². The molecule has 0 aromatic carbocycles. The molecule has 0 spiro atoms. The highest BCUT2D eigenvalue weighted by Crippen LogP contribution is 2.50. The first-order valence-corrected chi connectivity index (χ1v) is 7.26. The predicted molar refractivity (Wildman–Crippen MR) is 57.9 cm³/mol. The summed E-state index contributed by atoms with van der Waals surface area (Å²) in [6, 6.07) is 0. The molecule has 0 N–H and O–H groups in total. The average Bonchev–Trinajstić information content (AvgIpc) is 2.98. The topological polar surface area (TPSA) is 0 Å². The second-order valence-electron chi connectivity index (χ2n) is 4.43. The van der Waals surface area contributed by atoms with Crippen LogP contribution in [0.4, 0.5) is 0 Å². The smallest absolute Gasteiger partial charge is 0.0167 e. The van der Waals surface area contributed by atoms with Gasteiger partial charge in [-0.1, -0.05) is 6.42 Å². The third kappa shape index (κ3) is 1.65. The minimum absolute atomic E-state index is 1.09. The van der Waals surface area contributed by atoms with Gasteiger partial charge in [0.05, 0.1) is 0 Å². The Hall–Kier alpha value is 0.700. The molecule has 4 atom stereocenters. The van der Waals surface area contributed by atoms with E-state index in [1.54, 1.807) is 19.3 Å². The molecular weight excluding hydrogens is 184 g/mol.